The van der Waals surface area contributed by atoms with Crippen molar-refractivity contribution in [1.82, 2.24) is 10.6 Å². The summed E-state index contributed by atoms with van der Waals surface area (Å²) in [5.74, 6) is -2.36. The Morgan fingerprint density at radius 2 is 1.60 bits per heavy atom. The van der Waals surface area contributed by atoms with Gasteiger partial charge in [-0.05, 0) is 0 Å². The van der Waals surface area contributed by atoms with E-state index >= 15 is 0 Å². The van der Waals surface area contributed by atoms with Gasteiger partial charge < -0.3 is 1.43 Å². The van der Waals surface area contributed by atoms with Crippen LogP contribution in [0.3, 0.4) is 0 Å². The molecular formula is C5H6ClN2NaO5S. The standard InChI is InChI=1S/C5H5ClN2O5S.Na.H/c6-1-14(12,13)2-3(9)7-5(11)8-4(2)10;;/h2H,1H2,(H2,7,8,9,10,11);;/q;+1;-1. The molecule has 1 fully saturated rings. The molecule has 0 aromatic heterocycles. The molecule has 2 N–H and O–H groups in total. The first kappa shape index (κ1) is 14.8. The van der Waals surface area contributed by atoms with Crippen molar-refractivity contribution >= 4 is 39.3 Å². The van der Waals surface area contributed by atoms with E-state index in [1.165, 1.54) is 0 Å². The fourth-order valence-electron chi connectivity index (χ4n) is 0.894. The minimum absolute atomic E-state index is 0. The van der Waals surface area contributed by atoms with Crippen LogP contribution >= 0.6 is 11.6 Å². The van der Waals surface area contributed by atoms with Crippen molar-refractivity contribution < 1.29 is 53.8 Å². The molecule has 10 heteroatoms. The molecule has 0 atom stereocenters. The summed E-state index contributed by atoms with van der Waals surface area (Å²) in [6.07, 6.45) is 0. The van der Waals surface area contributed by atoms with E-state index in [1.54, 1.807) is 10.6 Å². The first-order valence-corrected chi connectivity index (χ1v) is 5.56. The Balaban J connectivity index is 0. The minimum Gasteiger partial charge on any atom is -1.00 e. The number of carbonyl (C=O) groups excluding carboxylic acids is 3. The van der Waals surface area contributed by atoms with Crippen molar-refractivity contribution in [3.05, 3.63) is 0 Å². The zero-order chi connectivity index (χ0) is 10.9. The number of imide groups is 2. The Kier molecular flexibility index (Phi) is 5.21. The van der Waals surface area contributed by atoms with Crippen LogP contribution in [-0.4, -0.2) is 36.7 Å². The smallest absolute Gasteiger partial charge is 1.00 e. The number of carbonyl (C=O) groups is 3. The van der Waals surface area contributed by atoms with E-state index in [4.69, 9.17) is 11.6 Å². The van der Waals surface area contributed by atoms with Crippen LogP contribution in [0.25, 0.3) is 0 Å². The van der Waals surface area contributed by atoms with Crippen molar-refractivity contribution in [2.24, 2.45) is 0 Å². The summed E-state index contributed by atoms with van der Waals surface area (Å²) in [7, 11) is -4.05. The zero-order valence-corrected chi connectivity index (χ0v) is 11.2. The SMILES string of the molecule is O=C1NC(=O)C(S(=O)(=O)CCl)C(=O)N1.[H-].[Na+]. The van der Waals surface area contributed by atoms with Crippen molar-refractivity contribution in [3.8, 4) is 0 Å². The van der Waals surface area contributed by atoms with Gasteiger partial charge in [0.1, 0.15) is 5.21 Å². The Morgan fingerprint density at radius 1 is 1.20 bits per heavy atom. The van der Waals surface area contributed by atoms with E-state index in [1.807, 2.05) is 0 Å². The predicted octanol–water partition coefficient (Wildman–Crippen LogP) is -4.55. The van der Waals surface area contributed by atoms with Gasteiger partial charge in [0.25, 0.3) is 11.8 Å². The molecule has 80 valence electrons. The van der Waals surface area contributed by atoms with E-state index in [-0.39, 0.29) is 31.0 Å². The third-order valence-electron chi connectivity index (χ3n) is 1.46. The van der Waals surface area contributed by atoms with Crippen LogP contribution in [0.1, 0.15) is 1.43 Å². The number of urea groups is 1. The molecule has 0 saturated carbocycles. The first-order valence-electron chi connectivity index (χ1n) is 3.31. The normalized spacial score (nSPS) is 17.8. The molecule has 1 aliphatic heterocycles. The summed E-state index contributed by atoms with van der Waals surface area (Å²) in [6, 6.07) is -1.04. The molecule has 1 heterocycles. The second kappa shape index (κ2) is 5.26. The van der Waals surface area contributed by atoms with E-state index in [9.17, 15) is 22.8 Å². The molecule has 1 saturated heterocycles. The molecule has 0 aromatic rings. The van der Waals surface area contributed by atoms with E-state index in [0.29, 0.717) is 0 Å². The second-order valence-electron chi connectivity index (χ2n) is 2.46. The van der Waals surface area contributed by atoms with Crippen molar-refractivity contribution in [2.45, 2.75) is 5.25 Å². The van der Waals surface area contributed by atoms with Crippen LogP contribution in [0, 0.1) is 0 Å². The summed E-state index contributed by atoms with van der Waals surface area (Å²) in [6.45, 7) is 0. The summed E-state index contributed by atoms with van der Waals surface area (Å²) >= 11 is 5.06. The van der Waals surface area contributed by atoms with Gasteiger partial charge in [0, 0.05) is 0 Å². The number of sulfone groups is 1. The molecular weight excluding hydrogens is 259 g/mol. The predicted molar refractivity (Wildman–Crippen MR) is 46.2 cm³/mol. The third kappa shape index (κ3) is 3.15. The molecule has 1 rings (SSSR count). The van der Waals surface area contributed by atoms with Gasteiger partial charge in [0.2, 0.25) is 5.25 Å². The van der Waals surface area contributed by atoms with Crippen LogP contribution in [0.15, 0.2) is 0 Å². The molecule has 0 spiro atoms. The van der Waals surface area contributed by atoms with Crippen molar-refractivity contribution in [1.29, 1.82) is 0 Å². The number of nitrogens with one attached hydrogen (secondary N) is 2. The molecule has 7 nitrogen and oxygen atoms in total. The van der Waals surface area contributed by atoms with Crippen LogP contribution < -0.4 is 40.2 Å². The minimum atomic E-state index is -4.05. The van der Waals surface area contributed by atoms with Gasteiger partial charge in [0.15, 0.2) is 9.84 Å². The average molecular weight is 265 g/mol. The molecule has 0 aromatic carbocycles. The molecule has 0 unspecified atom stereocenters. The first-order chi connectivity index (χ1) is 6.38. The van der Waals surface area contributed by atoms with Gasteiger partial charge >= 0.3 is 35.6 Å². The Morgan fingerprint density at radius 3 is 1.93 bits per heavy atom. The molecule has 0 aliphatic carbocycles. The third-order valence-corrected chi connectivity index (χ3v) is 3.82. The summed E-state index contributed by atoms with van der Waals surface area (Å²) < 4.78 is 22.2. The number of hydrogen-bond acceptors (Lipinski definition) is 5. The van der Waals surface area contributed by atoms with Crippen LogP contribution in [-0.2, 0) is 19.4 Å². The summed E-state index contributed by atoms with van der Waals surface area (Å²) in [5, 5.41) is 0.490. The van der Waals surface area contributed by atoms with E-state index in [0.717, 1.165) is 0 Å². The molecule has 4 amide bonds. The Bertz CT molecular complexity index is 393. The van der Waals surface area contributed by atoms with Crippen LogP contribution in [0.5, 0.6) is 0 Å². The average Bonchev–Trinajstić information content (AvgIpc) is 2.01. The summed E-state index contributed by atoms with van der Waals surface area (Å²) in [5.41, 5.74) is 0. The number of halogens is 1. The molecule has 0 bridgehead atoms. The van der Waals surface area contributed by atoms with Crippen LogP contribution in [0.2, 0.25) is 0 Å². The van der Waals surface area contributed by atoms with Crippen molar-refractivity contribution in [3.63, 3.8) is 0 Å². The number of rotatable bonds is 2. The van der Waals surface area contributed by atoms with E-state index < -0.39 is 38.1 Å². The Hall–Kier alpha value is -0.150. The number of hydrogen-bond donors (Lipinski definition) is 2. The fraction of sp³-hybridized carbons (Fsp3) is 0.400. The second-order valence-corrected chi connectivity index (χ2v) is 5.13. The number of amides is 4. The molecule has 1 aliphatic rings. The monoisotopic (exact) mass is 264 g/mol. The van der Waals surface area contributed by atoms with Gasteiger partial charge in [-0.1, -0.05) is 0 Å². The summed E-state index contributed by atoms with van der Waals surface area (Å²) in [4.78, 5) is 32.5. The molecule has 0 radical (unpaired) electrons. The topological polar surface area (TPSA) is 109 Å². The van der Waals surface area contributed by atoms with Gasteiger partial charge in [-0.3, -0.25) is 20.2 Å². The van der Waals surface area contributed by atoms with Gasteiger partial charge in [-0.15, -0.1) is 11.6 Å². The fourth-order valence-corrected chi connectivity index (χ4v) is 2.17. The van der Waals surface area contributed by atoms with Gasteiger partial charge in [-0.25, -0.2) is 13.2 Å². The number of barbiturate groups is 1. The maximum absolute atomic E-state index is 11.1. The zero-order valence-electron chi connectivity index (χ0n) is 8.61. The molecule has 15 heavy (non-hydrogen) atoms. The maximum atomic E-state index is 11.1. The number of alkyl halides is 1. The van der Waals surface area contributed by atoms with Gasteiger partial charge in [0.05, 0.1) is 0 Å². The quantitative estimate of drug-likeness (QED) is 0.297. The largest absolute Gasteiger partial charge is 1.00 e. The van der Waals surface area contributed by atoms with Gasteiger partial charge in [-0.2, -0.15) is 0 Å². The van der Waals surface area contributed by atoms with E-state index in [2.05, 4.69) is 0 Å². The van der Waals surface area contributed by atoms with Crippen LogP contribution in [0.4, 0.5) is 4.79 Å². The maximum Gasteiger partial charge on any atom is 1.00 e. The van der Waals surface area contributed by atoms with Crippen molar-refractivity contribution in [2.75, 3.05) is 5.21 Å². The Labute approximate surface area is 114 Å².